The molecule has 0 amide bonds. The van der Waals surface area contributed by atoms with Crippen molar-refractivity contribution < 1.29 is 20.1 Å². The van der Waals surface area contributed by atoms with Crippen LogP contribution in [-0.4, -0.2) is 4.98 Å². The minimum atomic E-state index is 0. The number of hydrogen-bond acceptors (Lipinski definition) is 1. The van der Waals surface area contributed by atoms with E-state index in [0.29, 0.717) is 0 Å². The zero-order chi connectivity index (χ0) is 13.4. The Bertz CT molecular complexity index is 591. The van der Waals surface area contributed by atoms with Crippen molar-refractivity contribution in [1.82, 2.24) is 4.98 Å². The predicted molar refractivity (Wildman–Crippen MR) is 81.8 cm³/mol. The first-order valence-electron chi connectivity index (χ1n) is 7.93. The van der Waals surface area contributed by atoms with Gasteiger partial charge in [-0.1, -0.05) is 30.4 Å². The Morgan fingerprint density at radius 3 is 2.29 bits per heavy atom. The molecule has 0 atom stereocenters. The minimum Gasteiger partial charge on any atom is -0.304 e. The number of rotatable bonds is 1. The van der Waals surface area contributed by atoms with Gasteiger partial charge in [-0.25, -0.2) is 0 Å². The molecular formula is C19H20IrN-. The van der Waals surface area contributed by atoms with Gasteiger partial charge in [-0.05, 0) is 43.9 Å². The first-order valence-corrected chi connectivity index (χ1v) is 7.93. The molecule has 1 aromatic heterocycles. The molecule has 1 heterocycles. The Labute approximate surface area is 140 Å². The Hall–Kier alpha value is -0.981. The maximum absolute atomic E-state index is 4.74. The van der Waals surface area contributed by atoms with Gasteiger partial charge in [0.25, 0.3) is 0 Å². The number of aryl methyl sites for hydroxylation is 2. The van der Waals surface area contributed by atoms with E-state index in [4.69, 9.17) is 4.98 Å². The van der Waals surface area contributed by atoms with Gasteiger partial charge in [0.15, 0.2) is 0 Å². The van der Waals surface area contributed by atoms with Gasteiger partial charge in [-0.15, -0.1) is 34.9 Å². The normalized spacial score (nSPS) is 16.6. The SMILES string of the molecule is [Ir].[c-]1ccc2c(c1-c1nccc3c1CCCC3)CCCC2. The standard InChI is InChI=1S/C19H20N.Ir/c1-3-9-16-14(6-1)8-5-11-18(16)19-17-10-4-2-7-15(17)12-13-20-19;/h5,8,12-13H,1-4,6-7,9-10H2;/q-1;. The van der Waals surface area contributed by atoms with E-state index in [2.05, 4.69) is 24.3 Å². The third-order valence-electron chi connectivity index (χ3n) is 4.84. The fraction of sp³-hybridized carbons (Fsp3) is 0.421. The van der Waals surface area contributed by atoms with E-state index in [0.717, 1.165) is 0 Å². The van der Waals surface area contributed by atoms with Gasteiger partial charge in [-0.2, -0.15) is 0 Å². The zero-order valence-electron chi connectivity index (χ0n) is 12.2. The maximum atomic E-state index is 4.74. The van der Waals surface area contributed by atoms with E-state index in [9.17, 15) is 0 Å². The summed E-state index contributed by atoms with van der Waals surface area (Å²) in [6.07, 6.45) is 12.1. The number of fused-ring (bicyclic) bond motifs is 2. The molecule has 1 aromatic carbocycles. The predicted octanol–water partition coefficient (Wildman–Crippen LogP) is 4.30. The molecule has 21 heavy (non-hydrogen) atoms. The first kappa shape index (κ1) is 14.9. The van der Waals surface area contributed by atoms with Crippen LogP contribution in [0.25, 0.3) is 11.3 Å². The van der Waals surface area contributed by atoms with Gasteiger partial charge in [-0.3, -0.25) is 0 Å². The summed E-state index contributed by atoms with van der Waals surface area (Å²) >= 11 is 0. The smallest absolute Gasteiger partial charge is 0.0163 e. The quantitative estimate of drug-likeness (QED) is 0.586. The monoisotopic (exact) mass is 455 g/mol. The van der Waals surface area contributed by atoms with Crippen molar-refractivity contribution in [2.45, 2.75) is 51.4 Å². The zero-order valence-corrected chi connectivity index (χ0v) is 14.6. The Morgan fingerprint density at radius 2 is 1.48 bits per heavy atom. The number of hydrogen-bond donors (Lipinski definition) is 0. The van der Waals surface area contributed by atoms with Crippen LogP contribution in [0.2, 0.25) is 0 Å². The van der Waals surface area contributed by atoms with E-state index >= 15 is 0 Å². The Balaban J connectivity index is 0.00000132. The fourth-order valence-corrected chi connectivity index (χ4v) is 3.80. The summed E-state index contributed by atoms with van der Waals surface area (Å²) in [6.45, 7) is 0. The summed E-state index contributed by atoms with van der Waals surface area (Å²) in [4.78, 5) is 4.74. The van der Waals surface area contributed by atoms with Crippen molar-refractivity contribution in [1.29, 1.82) is 0 Å². The number of benzene rings is 1. The molecule has 0 saturated carbocycles. The molecule has 1 nitrogen and oxygen atoms in total. The molecule has 2 aliphatic rings. The van der Waals surface area contributed by atoms with Crippen LogP contribution in [0, 0.1) is 6.07 Å². The second-order valence-electron chi connectivity index (χ2n) is 6.07. The third-order valence-corrected chi connectivity index (χ3v) is 4.84. The maximum Gasteiger partial charge on any atom is 0.0163 e. The minimum absolute atomic E-state index is 0. The Kier molecular flexibility index (Phi) is 4.56. The van der Waals surface area contributed by atoms with Crippen LogP contribution >= 0.6 is 0 Å². The molecule has 0 N–H and O–H groups in total. The number of aromatic nitrogens is 1. The molecular weight excluding hydrogens is 434 g/mol. The molecule has 0 saturated heterocycles. The molecule has 0 unspecified atom stereocenters. The summed E-state index contributed by atoms with van der Waals surface area (Å²) in [7, 11) is 0. The van der Waals surface area contributed by atoms with Gasteiger partial charge in [0, 0.05) is 26.3 Å². The van der Waals surface area contributed by atoms with Crippen molar-refractivity contribution in [2.75, 3.05) is 0 Å². The molecule has 0 aliphatic heterocycles. The number of pyridine rings is 1. The summed E-state index contributed by atoms with van der Waals surface area (Å²) in [6, 6.07) is 10.1. The summed E-state index contributed by atoms with van der Waals surface area (Å²) in [5.74, 6) is 0. The first-order chi connectivity index (χ1) is 9.93. The van der Waals surface area contributed by atoms with Crippen molar-refractivity contribution in [2.24, 2.45) is 0 Å². The van der Waals surface area contributed by atoms with Crippen LogP contribution in [-0.2, 0) is 45.8 Å². The molecule has 111 valence electrons. The van der Waals surface area contributed by atoms with Crippen LogP contribution in [0.3, 0.4) is 0 Å². The second kappa shape index (κ2) is 6.42. The molecule has 0 bridgehead atoms. The van der Waals surface area contributed by atoms with Crippen molar-refractivity contribution in [3.8, 4) is 11.3 Å². The van der Waals surface area contributed by atoms with Gasteiger partial charge in [0.1, 0.15) is 0 Å². The molecule has 0 fully saturated rings. The van der Waals surface area contributed by atoms with Crippen molar-refractivity contribution in [3.63, 3.8) is 0 Å². The second-order valence-corrected chi connectivity index (χ2v) is 6.07. The van der Waals surface area contributed by atoms with E-state index in [-0.39, 0.29) is 20.1 Å². The van der Waals surface area contributed by atoms with Crippen LogP contribution in [0.4, 0.5) is 0 Å². The fourth-order valence-electron chi connectivity index (χ4n) is 3.80. The average molecular weight is 455 g/mol. The van der Waals surface area contributed by atoms with E-state index in [1.54, 1.807) is 0 Å². The summed E-state index contributed by atoms with van der Waals surface area (Å²) < 4.78 is 0. The molecule has 2 aromatic rings. The third kappa shape index (κ3) is 2.72. The van der Waals surface area contributed by atoms with Gasteiger partial charge in [0.2, 0.25) is 0 Å². The van der Waals surface area contributed by atoms with Crippen LogP contribution < -0.4 is 0 Å². The molecule has 0 spiro atoms. The largest absolute Gasteiger partial charge is 0.304 e. The summed E-state index contributed by atoms with van der Waals surface area (Å²) in [5.41, 5.74) is 8.57. The van der Waals surface area contributed by atoms with Crippen LogP contribution in [0.1, 0.15) is 47.9 Å². The van der Waals surface area contributed by atoms with Crippen molar-refractivity contribution in [3.05, 3.63) is 52.7 Å². The summed E-state index contributed by atoms with van der Waals surface area (Å²) in [5, 5.41) is 0. The van der Waals surface area contributed by atoms with Crippen molar-refractivity contribution >= 4 is 0 Å². The molecule has 4 rings (SSSR count). The van der Waals surface area contributed by atoms with E-state index < -0.39 is 0 Å². The van der Waals surface area contributed by atoms with Gasteiger partial charge < -0.3 is 4.98 Å². The molecule has 2 heteroatoms. The molecule has 2 aliphatic carbocycles. The van der Waals surface area contributed by atoms with E-state index in [1.165, 1.54) is 84.9 Å². The average Bonchev–Trinajstić information content (AvgIpc) is 2.54. The van der Waals surface area contributed by atoms with Crippen LogP contribution in [0.15, 0.2) is 24.4 Å². The van der Waals surface area contributed by atoms with E-state index in [1.807, 2.05) is 6.20 Å². The van der Waals surface area contributed by atoms with Gasteiger partial charge >= 0.3 is 0 Å². The van der Waals surface area contributed by atoms with Crippen LogP contribution in [0.5, 0.6) is 0 Å². The topological polar surface area (TPSA) is 12.9 Å². The Morgan fingerprint density at radius 1 is 0.810 bits per heavy atom. The molecule has 1 radical (unpaired) electrons. The van der Waals surface area contributed by atoms with Gasteiger partial charge in [0.05, 0.1) is 0 Å². The number of nitrogens with zero attached hydrogens (tertiary/aromatic N) is 1.